The van der Waals surface area contributed by atoms with Crippen LogP contribution in [0.2, 0.25) is 0 Å². The molecule has 0 unspecified atom stereocenters. The molecule has 7 nitrogen and oxygen atoms in total. The summed E-state index contributed by atoms with van der Waals surface area (Å²) >= 11 is 0. The van der Waals surface area contributed by atoms with Gasteiger partial charge in [-0.3, -0.25) is 9.48 Å². The molecule has 0 aliphatic rings. The molecular formula is C10H16N4O3. The lowest BCUT2D eigenvalue weighted by Crippen LogP contribution is -2.44. The largest absolute Gasteiger partial charge is 0.480 e. The highest BCUT2D eigenvalue weighted by molar-refractivity contribution is 5.83. The monoisotopic (exact) mass is 240 g/mol. The van der Waals surface area contributed by atoms with Crippen LogP contribution in [0.25, 0.3) is 0 Å². The number of carbonyl (C=O) groups excluding carboxylic acids is 1. The van der Waals surface area contributed by atoms with Gasteiger partial charge < -0.3 is 10.4 Å². The Labute approximate surface area is 98.8 Å². The predicted molar refractivity (Wildman–Crippen MR) is 59.0 cm³/mol. The summed E-state index contributed by atoms with van der Waals surface area (Å²) in [5.41, 5.74) is 0. The Morgan fingerprint density at radius 3 is 2.65 bits per heavy atom. The molecule has 0 aliphatic carbocycles. The van der Waals surface area contributed by atoms with Gasteiger partial charge in [-0.25, -0.2) is 9.78 Å². The fraction of sp³-hybridized carbons (Fsp3) is 0.600. The molecule has 0 radical (unpaired) electrons. The number of carboxylic acid groups (broad SMARTS) is 1. The fourth-order valence-corrected chi connectivity index (χ4v) is 1.32. The van der Waals surface area contributed by atoms with Gasteiger partial charge in [0.15, 0.2) is 0 Å². The molecule has 0 aromatic carbocycles. The van der Waals surface area contributed by atoms with E-state index in [-0.39, 0.29) is 18.2 Å². The molecule has 17 heavy (non-hydrogen) atoms. The van der Waals surface area contributed by atoms with Crippen molar-refractivity contribution in [3.63, 3.8) is 0 Å². The molecule has 2 N–H and O–H groups in total. The van der Waals surface area contributed by atoms with Gasteiger partial charge in [0.25, 0.3) is 0 Å². The number of rotatable bonds is 6. The molecule has 0 aliphatic heterocycles. The molecule has 0 spiro atoms. The van der Waals surface area contributed by atoms with Crippen LogP contribution in [0.5, 0.6) is 0 Å². The Kier molecular flexibility index (Phi) is 4.62. The number of carboxylic acids is 1. The number of amides is 1. The predicted octanol–water partition coefficient (Wildman–Crippen LogP) is -0.106. The fourth-order valence-electron chi connectivity index (χ4n) is 1.32. The van der Waals surface area contributed by atoms with Crippen LogP contribution in [0.1, 0.15) is 20.3 Å². The van der Waals surface area contributed by atoms with Gasteiger partial charge in [0.1, 0.15) is 18.7 Å². The SMILES string of the molecule is CC(C)[C@H](NC(=O)CCn1cncn1)C(=O)O. The number of nitrogens with one attached hydrogen (secondary N) is 1. The second kappa shape index (κ2) is 5.97. The van der Waals surface area contributed by atoms with Crippen molar-refractivity contribution < 1.29 is 14.7 Å². The first kappa shape index (κ1) is 13.1. The Hall–Kier alpha value is -1.92. The van der Waals surface area contributed by atoms with Crippen LogP contribution in [0.3, 0.4) is 0 Å². The van der Waals surface area contributed by atoms with E-state index in [9.17, 15) is 9.59 Å². The Balaban J connectivity index is 2.40. The van der Waals surface area contributed by atoms with Crippen LogP contribution < -0.4 is 5.32 Å². The molecule has 7 heteroatoms. The molecule has 94 valence electrons. The first-order valence-corrected chi connectivity index (χ1v) is 5.35. The minimum Gasteiger partial charge on any atom is -0.480 e. The van der Waals surface area contributed by atoms with Crippen molar-refractivity contribution in [2.45, 2.75) is 32.9 Å². The molecular weight excluding hydrogens is 224 g/mol. The zero-order chi connectivity index (χ0) is 12.8. The quantitative estimate of drug-likeness (QED) is 0.723. The van der Waals surface area contributed by atoms with Crippen molar-refractivity contribution in [3.8, 4) is 0 Å². The molecule has 0 fully saturated rings. The third kappa shape index (κ3) is 4.21. The molecule has 1 aromatic rings. The highest BCUT2D eigenvalue weighted by atomic mass is 16.4. The van der Waals surface area contributed by atoms with Crippen molar-refractivity contribution in [1.29, 1.82) is 0 Å². The minimum atomic E-state index is -1.02. The maximum absolute atomic E-state index is 11.5. The summed E-state index contributed by atoms with van der Waals surface area (Å²) in [6, 6.07) is -0.849. The van der Waals surface area contributed by atoms with Gasteiger partial charge in [-0.05, 0) is 5.92 Å². The van der Waals surface area contributed by atoms with E-state index in [2.05, 4.69) is 15.4 Å². The summed E-state index contributed by atoms with van der Waals surface area (Å²) in [6.07, 6.45) is 3.07. The van der Waals surface area contributed by atoms with Crippen LogP contribution in [-0.2, 0) is 16.1 Å². The molecule has 1 atom stereocenters. The van der Waals surface area contributed by atoms with E-state index in [4.69, 9.17) is 5.11 Å². The standard InChI is InChI=1S/C10H16N4O3/c1-7(2)9(10(16)17)13-8(15)3-4-14-6-11-5-12-14/h5-7,9H,3-4H2,1-2H3,(H,13,15)(H,16,17)/t9-/m0/s1. The maximum Gasteiger partial charge on any atom is 0.326 e. The van der Waals surface area contributed by atoms with Gasteiger partial charge in [0.2, 0.25) is 5.91 Å². The second-order valence-electron chi connectivity index (χ2n) is 4.04. The van der Waals surface area contributed by atoms with Crippen molar-refractivity contribution in [2.75, 3.05) is 0 Å². The number of hydrogen-bond donors (Lipinski definition) is 2. The van der Waals surface area contributed by atoms with E-state index >= 15 is 0 Å². The lowest BCUT2D eigenvalue weighted by atomic mass is 10.0. The zero-order valence-electron chi connectivity index (χ0n) is 9.83. The second-order valence-corrected chi connectivity index (χ2v) is 4.04. The van der Waals surface area contributed by atoms with Crippen molar-refractivity contribution >= 4 is 11.9 Å². The lowest BCUT2D eigenvalue weighted by molar-refractivity contribution is -0.143. The van der Waals surface area contributed by atoms with E-state index in [1.807, 2.05) is 0 Å². The van der Waals surface area contributed by atoms with Gasteiger partial charge >= 0.3 is 5.97 Å². The van der Waals surface area contributed by atoms with Crippen molar-refractivity contribution in [3.05, 3.63) is 12.7 Å². The zero-order valence-corrected chi connectivity index (χ0v) is 9.83. The topological polar surface area (TPSA) is 97.1 Å². The van der Waals surface area contributed by atoms with E-state index in [1.54, 1.807) is 13.8 Å². The average Bonchev–Trinajstić information content (AvgIpc) is 2.74. The minimum absolute atomic E-state index is 0.150. The molecule has 1 aromatic heterocycles. The highest BCUT2D eigenvalue weighted by Crippen LogP contribution is 2.02. The van der Waals surface area contributed by atoms with Gasteiger partial charge in [0.05, 0.1) is 6.54 Å². The Morgan fingerprint density at radius 1 is 1.47 bits per heavy atom. The number of carbonyl (C=O) groups is 2. The van der Waals surface area contributed by atoms with Crippen LogP contribution in [0.4, 0.5) is 0 Å². The number of aryl methyl sites for hydroxylation is 1. The number of hydrogen-bond acceptors (Lipinski definition) is 4. The normalized spacial score (nSPS) is 12.4. The van der Waals surface area contributed by atoms with Gasteiger partial charge in [-0.15, -0.1) is 0 Å². The van der Waals surface area contributed by atoms with Crippen molar-refractivity contribution in [2.24, 2.45) is 5.92 Å². The van der Waals surface area contributed by atoms with Gasteiger partial charge in [0, 0.05) is 6.42 Å². The van der Waals surface area contributed by atoms with Crippen LogP contribution >= 0.6 is 0 Å². The van der Waals surface area contributed by atoms with Crippen LogP contribution in [0, 0.1) is 5.92 Å². The smallest absolute Gasteiger partial charge is 0.326 e. The third-order valence-electron chi connectivity index (χ3n) is 2.28. The lowest BCUT2D eigenvalue weighted by Gasteiger charge is -2.17. The summed E-state index contributed by atoms with van der Waals surface area (Å²) in [5, 5.41) is 15.2. The highest BCUT2D eigenvalue weighted by Gasteiger charge is 2.22. The number of aliphatic carboxylic acids is 1. The Morgan fingerprint density at radius 2 is 2.18 bits per heavy atom. The molecule has 1 amide bonds. The summed E-state index contributed by atoms with van der Waals surface area (Å²) in [5.74, 6) is -1.47. The molecule has 1 heterocycles. The van der Waals surface area contributed by atoms with Crippen LogP contribution in [-0.4, -0.2) is 37.8 Å². The molecule has 1 rings (SSSR count). The van der Waals surface area contributed by atoms with E-state index < -0.39 is 12.0 Å². The summed E-state index contributed by atoms with van der Waals surface area (Å²) in [6.45, 7) is 3.88. The summed E-state index contributed by atoms with van der Waals surface area (Å²) in [7, 11) is 0. The van der Waals surface area contributed by atoms with E-state index in [1.165, 1.54) is 17.3 Å². The Bertz CT molecular complexity index is 375. The summed E-state index contributed by atoms with van der Waals surface area (Å²) < 4.78 is 1.52. The molecule has 0 saturated heterocycles. The first-order valence-electron chi connectivity index (χ1n) is 5.35. The summed E-state index contributed by atoms with van der Waals surface area (Å²) in [4.78, 5) is 26.1. The van der Waals surface area contributed by atoms with E-state index in [0.29, 0.717) is 6.54 Å². The first-order chi connectivity index (χ1) is 8.00. The van der Waals surface area contributed by atoms with Gasteiger partial charge in [-0.1, -0.05) is 13.8 Å². The van der Waals surface area contributed by atoms with Crippen molar-refractivity contribution in [1.82, 2.24) is 20.1 Å². The maximum atomic E-state index is 11.5. The van der Waals surface area contributed by atoms with Gasteiger partial charge in [-0.2, -0.15) is 5.10 Å². The van der Waals surface area contributed by atoms with E-state index in [0.717, 1.165) is 0 Å². The molecule has 0 bridgehead atoms. The van der Waals surface area contributed by atoms with Crippen LogP contribution in [0.15, 0.2) is 12.7 Å². The third-order valence-corrected chi connectivity index (χ3v) is 2.28. The number of aromatic nitrogens is 3. The molecule has 0 saturated carbocycles. The number of nitrogens with zero attached hydrogens (tertiary/aromatic N) is 3. The average molecular weight is 240 g/mol.